The summed E-state index contributed by atoms with van der Waals surface area (Å²) in [5.41, 5.74) is 1.36. The van der Waals surface area contributed by atoms with Gasteiger partial charge in [-0.25, -0.2) is 4.79 Å². The van der Waals surface area contributed by atoms with Gasteiger partial charge in [0.15, 0.2) is 0 Å². The van der Waals surface area contributed by atoms with Gasteiger partial charge in [0.2, 0.25) is 0 Å². The Balaban J connectivity index is 1.54. The lowest BCUT2D eigenvalue weighted by atomic mass is 10.0. The van der Waals surface area contributed by atoms with Crippen LogP contribution in [0.1, 0.15) is 18.4 Å². The number of nitrogens with zero attached hydrogens (tertiary/aromatic N) is 1. The average molecular weight is 260 g/mol. The molecule has 1 aliphatic heterocycles. The molecule has 1 aromatic rings. The third-order valence-corrected chi connectivity index (χ3v) is 4.35. The molecule has 1 atom stereocenters. The van der Waals surface area contributed by atoms with Gasteiger partial charge in [0.25, 0.3) is 0 Å². The van der Waals surface area contributed by atoms with E-state index < -0.39 is 0 Å². The fraction of sp³-hybridized carbons (Fsp3) is 0.533. The molecule has 19 heavy (non-hydrogen) atoms. The molecule has 3 rings (SSSR count). The fourth-order valence-corrected chi connectivity index (χ4v) is 2.98. The van der Waals surface area contributed by atoms with Gasteiger partial charge in [0, 0.05) is 24.5 Å². The molecule has 1 N–H and O–H groups in total. The standard InChI is InChI=1S/C15H20N2O2/c1-16-13-9-17(11-15(13)7-8-15)14(18)19-10-12-5-3-2-4-6-12/h2-6,13,16H,7-11H2,1H3/t13-/m1/s1. The van der Waals surface area contributed by atoms with Crippen LogP contribution in [-0.4, -0.2) is 37.2 Å². The molecule has 1 saturated carbocycles. The lowest BCUT2D eigenvalue weighted by Gasteiger charge is -2.16. The number of hydrogen-bond donors (Lipinski definition) is 1. The van der Waals surface area contributed by atoms with E-state index in [0.717, 1.165) is 18.7 Å². The Labute approximate surface area is 113 Å². The quantitative estimate of drug-likeness (QED) is 0.904. The number of benzene rings is 1. The van der Waals surface area contributed by atoms with E-state index in [-0.39, 0.29) is 6.09 Å². The summed E-state index contributed by atoms with van der Waals surface area (Å²) in [6.45, 7) is 1.96. The maximum absolute atomic E-state index is 12.1. The van der Waals surface area contributed by atoms with Crippen molar-refractivity contribution in [3.63, 3.8) is 0 Å². The minimum absolute atomic E-state index is 0.187. The van der Waals surface area contributed by atoms with Gasteiger partial charge in [-0.05, 0) is 25.5 Å². The zero-order valence-electron chi connectivity index (χ0n) is 11.3. The molecule has 2 fully saturated rings. The lowest BCUT2D eigenvalue weighted by Crippen LogP contribution is -2.35. The molecule has 0 bridgehead atoms. The van der Waals surface area contributed by atoms with E-state index in [1.165, 1.54) is 12.8 Å². The molecule has 1 aromatic carbocycles. The number of ether oxygens (including phenoxy) is 1. The second-order valence-corrected chi connectivity index (χ2v) is 5.62. The normalized spacial score (nSPS) is 23.6. The van der Waals surface area contributed by atoms with Crippen LogP contribution in [-0.2, 0) is 11.3 Å². The van der Waals surface area contributed by atoms with E-state index in [4.69, 9.17) is 4.74 Å². The average Bonchev–Trinajstić information content (AvgIpc) is 3.11. The van der Waals surface area contributed by atoms with Gasteiger partial charge >= 0.3 is 6.09 Å². The zero-order chi connectivity index (χ0) is 13.3. The highest BCUT2D eigenvalue weighted by atomic mass is 16.6. The number of carbonyl (C=O) groups excluding carboxylic acids is 1. The van der Waals surface area contributed by atoms with Crippen LogP contribution < -0.4 is 5.32 Å². The van der Waals surface area contributed by atoms with Crippen LogP contribution in [0.25, 0.3) is 0 Å². The van der Waals surface area contributed by atoms with Crippen molar-refractivity contribution < 1.29 is 9.53 Å². The molecular formula is C15H20N2O2. The van der Waals surface area contributed by atoms with Crippen LogP contribution >= 0.6 is 0 Å². The zero-order valence-corrected chi connectivity index (χ0v) is 11.3. The van der Waals surface area contributed by atoms with Crippen molar-refractivity contribution in [3.8, 4) is 0 Å². The summed E-state index contributed by atoms with van der Waals surface area (Å²) in [7, 11) is 1.98. The number of carbonyl (C=O) groups is 1. The molecule has 1 amide bonds. The van der Waals surface area contributed by atoms with E-state index in [0.29, 0.717) is 18.1 Å². The topological polar surface area (TPSA) is 41.6 Å². The largest absolute Gasteiger partial charge is 0.445 e. The molecule has 1 saturated heterocycles. The predicted molar refractivity (Wildman–Crippen MR) is 72.7 cm³/mol. The molecule has 0 unspecified atom stereocenters. The summed E-state index contributed by atoms with van der Waals surface area (Å²) < 4.78 is 5.39. The summed E-state index contributed by atoms with van der Waals surface area (Å²) >= 11 is 0. The third-order valence-electron chi connectivity index (χ3n) is 4.35. The van der Waals surface area contributed by atoms with Crippen LogP contribution in [0.2, 0.25) is 0 Å². The Morgan fingerprint density at radius 2 is 2.16 bits per heavy atom. The van der Waals surface area contributed by atoms with Crippen LogP contribution in [0.15, 0.2) is 30.3 Å². The summed E-state index contributed by atoms with van der Waals surface area (Å²) in [5, 5.41) is 3.33. The Morgan fingerprint density at radius 3 is 2.74 bits per heavy atom. The minimum atomic E-state index is -0.187. The van der Waals surface area contributed by atoms with Gasteiger partial charge in [-0.1, -0.05) is 30.3 Å². The summed E-state index contributed by atoms with van der Waals surface area (Å²) in [6.07, 6.45) is 2.26. The molecule has 0 radical (unpaired) electrons. The lowest BCUT2D eigenvalue weighted by molar-refractivity contribution is 0.102. The SMILES string of the molecule is CN[C@@H]1CN(C(=O)OCc2ccccc2)CC12CC2. The van der Waals surface area contributed by atoms with Crippen molar-refractivity contribution in [2.45, 2.75) is 25.5 Å². The van der Waals surface area contributed by atoms with Crippen LogP contribution in [0.3, 0.4) is 0 Å². The van der Waals surface area contributed by atoms with E-state index in [1.54, 1.807) is 0 Å². The van der Waals surface area contributed by atoms with E-state index in [2.05, 4.69) is 5.32 Å². The van der Waals surface area contributed by atoms with Crippen molar-refractivity contribution in [1.82, 2.24) is 10.2 Å². The fourth-order valence-electron chi connectivity index (χ4n) is 2.98. The van der Waals surface area contributed by atoms with Crippen molar-refractivity contribution in [1.29, 1.82) is 0 Å². The number of amides is 1. The number of hydrogen-bond acceptors (Lipinski definition) is 3. The van der Waals surface area contributed by atoms with Crippen molar-refractivity contribution in [3.05, 3.63) is 35.9 Å². The van der Waals surface area contributed by atoms with Gasteiger partial charge < -0.3 is 15.0 Å². The summed E-state index contributed by atoms with van der Waals surface area (Å²) in [5.74, 6) is 0. The number of nitrogens with one attached hydrogen (secondary N) is 1. The molecule has 4 nitrogen and oxygen atoms in total. The molecular weight excluding hydrogens is 240 g/mol. The second kappa shape index (κ2) is 4.85. The Kier molecular flexibility index (Phi) is 3.19. The van der Waals surface area contributed by atoms with Gasteiger partial charge in [-0.15, -0.1) is 0 Å². The van der Waals surface area contributed by atoms with E-state index in [9.17, 15) is 4.79 Å². The van der Waals surface area contributed by atoms with E-state index in [1.807, 2.05) is 42.3 Å². The number of rotatable bonds is 3. The highest BCUT2D eigenvalue weighted by molar-refractivity contribution is 5.68. The van der Waals surface area contributed by atoms with Crippen LogP contribution in [0.5, 0.6) is 0 Å². The molecule has 1 spiro atoms. The predicted octanol–water partition coefficient (Wildman–Crippen LogP) is 2.01. The molecule has 102 valence electrons. The second-order valence-electron chi connectivity index (χ2n) is 5.62. The Hall–Kier alpha value is -1.55. The maximum atomic E-state index is 12.1. The Morgan fingerprint density at radius 1 is 1.42 bits per heavy atom. The van der Waals surface area contributed by atoms with Gasteiger partial charge in [0.05, 0.1) is 0 Å². The van der Waals surface area contributed by atoms with E-state index >= 15 is 0 Å². The highest BCUT2D eigenvalue weighted by Gasteiger charge is 2.55. The molecule has 2 aliphatic rings. The first-order valence-corrected chi connectivity index (χ1v) is 6.86. The first-order valence-electron chi connectivity index (χ1n) is 6.86. The Bertz CT molecular complexity index is 456. The van der Waals surface area contributed by atoms with Gasteiger partial charge in [0.1, 0.15) is 6.61 Å². The molecule has 0 aromatic heterocycles. The third kappa shape index (κ3) is 2.45. The first-order chi connectivity index (χ1) is 9.23. The molecule has 1 heterocycles. The minimum Gasteiger partial charge on any atom is -0.445 e. The monoisotopic (exact) mass is 260 g/mol. The smallest absolute Gasteiger partial charge is 0.410 e. The van der Waals surface area contributed by atoms with Crippen molar-refractivity contribution >= 4 is 6.09 Å². The highest BCUT2D eigenvalue weighted by Crippen LogP contribution is 2.52. The summed E-state index contributed by atoms with van der Waals surface area (Å²) in [6, 6.07) is 10.2. The van der Waals surface area contributed by atoms with Crippen LogP contribution in [0, 0.1) is 5.41 Å². The van der Waals surface area contributed by atoms with Crippen molar-refractivity contribution in [2.24, 2.45) is 5.41 Å². The maximum Gasteiger partial charge on any atom is 0.410 e. The van der Waals surface area contributed by atoms with Crippen molar-refractivity contribution in [2.75, 3.05) is 20.1 Å². The molecule has 1 aliphatic carbocycles. The number of likely N-dealkylation sites (tertiary alicyclic amines) is 1. The number of likely N-dealkylation sites (N-methyl/N-ethyl adjacent to an activating group) is 1. The van der Waals surface area contributed by atoms with Gasteiger partial charge in [-0.3, -0.25) is 0 Å². The molecule has 4 heteroatoms. The first kappa shape index (κ1) is 12.5. The summed E-state index contributed by atoms with van der Waals surface area (Å²) in [4.78, 5) is 13.9. The van der Waals surface area contributed by atoms with Gasteiger partial charge in [-0.2, -0.15) is 0 Å². The van der Waals surface area contributed by atoms with Crippen LogP contribution in [0.4, 0.5) is 4.79 Å².